The number of halogens is 2. The third-order valence-electron chi connectivity index (χ3n) is 2.89. The molecule has 0 spiro atoms. The first-order valence-corrected chi connectivity index (χ1v) is 4.56. The van der Waals surface area contributed by atoms with Crippen molar-refractivity contribution in [2.45, 2.75) is 33.1 Å². The average Bonchev–Trinajstić information content (AvgIpc) is 2.32. The fourth-order valence-corrected chi connectivity index (χ4v) is 1.77. The van der Waals surface area contributed by atoms with Crippen LogP contribution in [0.3, 0.4) is 0 Å². The van der Waals surface area contributed by atoms with Gasteiger partial charge in [0, 0.05) is 6.54 Å². The van der Waals surface area contributed by atoms with Crippen LogP contribution in [0.5, 0.6) is 0 Å². The highest BCUT2D eigenvalue weighted by Crippen LogP contribution is 2.32. The molecule has 3 heteroatoms. The summed E-state index contributed by atoms with van der Waals surface area (Å²) in [7, 11) is 0. The second-order valence-corrected chi connectivity index (χ2v) is 4.04. The summed E-state index contributed by atoms with van der Waals surface area (Å²) in [5, 5.41) is 0. The van der Waals surface area contributed by atoms with E-state index in [1.807, 2.05) is 4.90 Å². The van der Waals surface area contributed by atoms with Gasteiger partial charge in [0.25, 0.3) is 6.43 Å². The summed E-state index contributed by atoms with van der Waals surface area (Å²) in [6.45, 7) is 5.95. The van der Waals surface area contributed by atoms with Crippen LogP contribution in [0.4, 0.5) is 8.78 Å². The molecule has 72 valence electrons. The van der Waals surface area contributed by atoms with Crippen molar-refractivity contribution in [3.05, 3.63) is 0 Å². The summed E-state index contributed by atoms with van der Waals surface area (Å²) in [6.07, 6.45) is -0.0209. The van der Waals surface area contributed by atoms with Crippen LogP contribution in [0.15, 0.2) is 0 Å². The fourth-order valence-electron chi connectivity index (χ4n) is 1.77. The van der Waals surface area contributed by atoms with Gasteiger partial charge in [-0.1, -0.05) is 13.8 Å². The average molecular weight is 177 g/mol. The number of nitrogens with zero attached hydrogens (tertiary/aromatic N) is 1. The first kappa shape index (κ1) is 9.90. The van der Waals surface area contributed by atoms with Crippen LogP contribution >= 0.6 is 0 Å². The Hall–Kier alpha value is -0.180. The van der Waals surface area contributed by atoms with Crippen molar-refractivity contribution < 1.29 is 8.78 Å². The van der Waals surface area contributed by atoms with Gasteiger partial charge in [0.2, 0.25) is 0 Å². The Morgan fingerprint density at radius 2 is 2.17 bits per heavy atom. The highest BCUT2D eigenvalue weighted by molar-refractivity contribution is 4.85. The molecule has 1 heterocycles. The lowest BCUT2D eigenvalue weighted by atomic mass is 9.87. The Kier molecular flexibility index (Phi) is 3.04. The van der Waals surface area contributed by atoms with Crippen LogP contribution in [-0.2, 0) is 0 Å². The molecule has 0 N–H and O–H groups in total. The van der Waals surface area contributed by atoms with Crippen molar-refractivity contribution in [2.75, 3.05) is 19.6 Å². The molecule has 0 saturated carbocycles. The van der Waals surface area contributed by atoms with E-state index in [1.54, 1.807) is 0 Å². The van der Waals surface area contributed by atoms with Crippen LogP contribution in [-0.4, -0.2) is 31.0 Å². The van der Waals surface area contributed by atoms with Crippen molar-refractivity contribution in [2.24, 2.45) is 5.41 Å². The fraction of sp³-hybridized carbons (Fsp3) is 1.00. The van der Waals surface area contributed by atoms with E-state index in [9.17, 15) is 8.78 Å². The van der Waals surface area contributed by atoms with Crippen molar-refractivity contribution in [3.8, 4) is 0 Å². The smallest absolute Gasteiger partial charge is 0.251 e. The van der Waals surface area contributed by atoms with Gasteiger partial charge in [-0.3, -0.25) is 4.90 Å². The molecule has 0 aliphatic carbocycles. The van der Waals surface area contributed by atoms with Gasteiger partial charge in [-0.05, 0) is 24.8 Å². The Morgan fingerprint density at radius 3 is 2.58 bits per heavy atom. The molecule has 0 bridgehead atoms. The lowest BCUT2D eigenvalue weighted by molar-refractivity contribution is 0.0941. The number of rotatable bonds is 3. The van der Waals surface area contributed by atoms with Crippen molar-refractivity contribution in [3.63, 3.8) is 0 Å². The van der Waals surface area contributed by atoms with Gasteiger partial charge in [0.1, 0.15) is 0 Å². The van der Waals surface area contributed by atoms with E-state index in [0.29, 0.717) is 0 Å². The molecule has 0 aromatic rings. The topological polar surface area (TPSA) is 3.24 Å². The summed E-state index contributed by atoms with van der Waals surface area (Å²) < 4.78 is 24.0. The lowest BCUT2D eigenvalue weighted by Crippen LogP contribution is -2.29. The normalized spacial score (nSPS) is 31.8. The molecule has 1 unspecified atom stereocenters. The molecule has 1 aliphatic heterocycles. The maximum absolute atomic E-state index is 12.0. The standard InChI is InChI=1S/C9H17F2N/c1-3-9(2)4-5-12(7-9)6-8(10)11/h8H,3-7H2,1-2H3. The largest absolute Gasteiger partial charge is 0.297 e. The van der Waals surface area contributed by atoms with Crippen LogP contribution in [0.25, 0.3) is 0 Å². The minimum absolute atomic E-state index is 0.0460. The van der Waals surface area contributed by atoms with Crippen molar-refractivity contribution in [1.82, 2.24) is 4.90 Å². The zero-order valence-electron chi connectivity index (χ0n) is 7.82. The minimum Gasteiger partial charge on any atom is -0.297 e. The molecule has 1 atom stereocenters. The molecule has 0 aromatic carbocycles. The highest BCUT2D eigenvalue weighted by atomic mass is 19.3. The van der Waals surface area contributed by atoms with Gasteiger partial charge in [-0.25, -0.2) is 8.78 Å². The zero-order valence-corrected chi connectivity index (χ0v) is 7.82. The van der Waals surface area contributed by atoms with E-state index in [4.69, 9.17) is 0 Å². The molecule has 1 aliphatic rings. The lowest BCUT2D eigenvalue weighted by Gasteiger charge is -2.22. The second-order valence-electron chi connectivity index (χ2n) is 4.04. The molecule has 1 nitrogen and oxygen atoms in total. The number of hydrogen-bond donors (Lipinski definition) is 0. The minimum atomic E-state index is -2.18. The van der Waals surface area contributed by atoms with E-state index in [-0.39, 0.29) is 12.0 Å². The summed E-state index contributed by atoms with van der Waals surface area (Å²) in [5.74, 6) is 0. The van der Waals surface area contributed by atoms with E-state index >= 15 is 0 Å². The van der Waals surface area contributed by atoms with Gasteiger partial charge < -0.3 is 0 Å². The van der Waals surface area contributed by atoms with Crippen molar-refractivity contribution in [1.29, 1.82) is 0 Å². The third-order valence-corrected chi connectivity index (χ3v) is 2.89. The molecule has 0 amide bonds. The Bertz CT molecular complexity index is 149. The molecule has 0 radical (unpaired) electrons. The molecule has 0 aromatic heterocycles. The second kappa shape index (κ2) is 3.69. The highest BCUT2D eigenvalue weighted by Gasteiger charge is 2.32. The third kappa shape index (κ3) is 2.41. The monoisotopic (exact) mass is 177 g/mol. The maximum atomic E-state index is 12.0. The summed E-state index contributed by atoms with van der Waals surface area (Å²) in [5.41, 5.74) is 0.287. The maximum Gasteiger partial charge on any atom is 0.251 e. The van der Waals surface area contributed by atoms with Gasteiger partial charge in [-0.2, -0.15) is 0 Å². The van der Waals surface area contributed by atoms with Crippen LogP contribution in [0, 0.1) is 5.41 Å². The summed E-state index contributed by atoms with van der Waals surface area (Å²) in [6, 6.07) is 0. The quantitative estimate of drug-likeness (QED) is 0.639. The molecular weight excluding hydrogens is 160 g/mol. The molecular formula is C9H17F2N. The predicted molar refractivity (Wildman–Crippen MR) is 45.5 cm³/mol. The van der Waals surface area contributed by atoms with Gasteiger partial charge in [-0.15, -0.1) is 0 Å². The van der Waals surface area contributed by atoms with E-state index in [2.05, 4.69) is 13.8 Å². The Labute approximate surface area is 72.7 Å². The number of alkyl halides is 2. The number of likely N-dealkylation sites (tertiary alicyclic amines) is 1. The first-order valence-electron chi connectivity index (χ1n) is 4.56. The SMILES string of the molecule is CCC1(C)CCN(CC(F)F)C1. The van der Waals surface area contributed by atoms with Gasteiger partial charge in [0.15, 0.2) is 0 Å². The Morgan fingerprint density at radius 1 is 1.50 bits per heavy atom. The van der Waals surface area contributed by atoms with Crippen LogP contribution < -0.4 is 0 Å². The van der Waals surface area contributed by atoms with E-state index < -0.39 is 6.43 Å². The van der Waals surface area contributed by atoms with E-state index in [0.717, 1.165) is 25.9 Å². The van der Waals surface area contributed by atoms with Gasteiger partial charge in [0.05, 0.1) is 6.54 Å². The van der Waals surface area contributed by atoms with Crippen LogP contribution in [0.1, 0.15) is 26.7 Å². The molecule has 1 fully saturated rings. The summed E-state index contributed by atoms with van der Waals surface area (Å²) in [4.78, 5) is 1.87. The van der Waals surface area contributed by atoms with Crippen LogP contribution in [0.2, 0.25) is 0 Å². The first-order chi connectivity index (χ1) is 5.56. The van der Waals surface area contributed by atoms with E-state index in [1.165, 1.54) is 0 Å². The summed E-state index contributed by atoms with van der Waals surface area (Å²) >= 11 is 0. The molecule has 1 saturated heterocycles. The zero-order chi connectivity index (χ0) is 9.19. The van der Waals surface area contributed by atoms with Gasteiger partial charge >= 0.3 is 0 Å². The number of hydrogen-bond acceptors (Lipinski definition) is 1. The van der Waals surface area contributed by atoms with Crippen molar-refractivity contribution >= 4 is 0 Å². The Balaban J connectivity index is 2.35. The predicted octanol–water partition coefficient (Wildman–Crippen LogP) is 2.37. The molecule has 12 heavy (non-hydrogen) atoms. The molecule has 1 rings (SSSR count).